The maximum atomic E-state index is 13.3. The molecule has 0 spiro atoms. The summed E-state index contributed by atoms with van der Waals surface area (Å²) in [4.78, 5) is 64.8. The average Bonchev–Trinajstić information content (AvgIpc) is 3.34. The number of aromatic nitrogens is 2. The number of hydrogen-bond acceptors (Lipinski definition) is 8. The van der Waals surface area contributed by atoms with Crippen molar-refractivity contribution in [1.29, 1.82) is 0 Å². The van der Waals surface area contributed by atoms with Gasteiger partial charge in [0.25, 0.3) is 5.91 Å². The number of nitrogens with zero attached hydrogens (tertiary/aromatic N) is 4. The van der Waals surface area contributed by atoms with Crippen LogP contribution in [0.3, 0.4) is 0 Å². The van der Waals surface area contributed by atoms with Crippen LogP contribution in [-0.2, 0) is 27.3 Å². The zero-order valence-corrected chi connectivity index (χ0v) is 24.1. The molecule has 3 heterocycles. The molecule has 11 nitrogen and oxygen atoms in total. The van der Waals surface area contributed by atoms with Crippen LogP contribution in [-0.4, -0.2) is 82.2 Å². The number of pyridine rings is 1. The van der Waals surface area contributed by atoms with Gasteiger partial charge in [0.05, 0.1) is 16.8 Å². The minimum atomic E-state index is -0.885. The topological polar surface area (TPSA) is 137 Å². The van der Waals surface area contributed by atoms with Gasteiger partial charge in [-0.15, -0.1) is 11.3 Å². The van der Waals surface area contributed by atoms with Crippen molar-refractivity contribution >= 4 is 52.4 Å². The van der Waals surface area contributed by atoms with Crippen LogP contribution >= 0.6 is 22.9 Å². The smallest absolute Gasteiger partial charge is 0.314 e. The van der Waals surface area contributed by atoms with Gasteiger partial charge in [-0.25, -0.2) is 9.97 Å². The summed E-state index contributed by atoms with van der Waals surface area (Å²) in [6.45, 7) is 5.95. The largest absolute Gasteiger partial charge is 0.349 e. The second kappa shape index (κ2) is 12.4. The lowest BCUT2D eigenvalue weighted by Crippen LogP contribution is -2.57. The van der Waals surface area contributed by atoms with Gasteiger partial charge in [-0.05, 0) is 45.2 Å². The standard InChI is InChI=1S/C26H34ClN7O4S/c1-14(2)34-10-9-18-20(13-34)39-25(31-18)24(37)30-19-11-15(26(38)33(3)4)5-7-17(19)29-22(35)23(36)32-21-8-6-16(27)12-28-21/h6,8,12,14-15,17,19H,5,7,9-11,13H2,1-4H3,(H,29,35)(H,30,37)(H,28,32,36)/t15-,17-,19+/m0/s1. The Balaban J connectivity index is 1.45. The lowest BCUT2D eigenvalue weighted by Gasteiger charge is -2.37. The van der Waals surface area contributed by atoms with E-state index < -0.39 is 23.9 Å². The first kappa shape index (κ1) is 28.9. The summed E-state index contributed by atoms with van der Waals surface area (Å²) < 4.78 is 0. The molecule has 1 fully saturated rings. The molecule has 3 N–H and O–H groups in total. The highest BCUT2D eigenvalue weighted by molar-refractivity contribution is 7.13. The van der Waals surface area contributed by atoms with Crippen LogP contribution < -0.4 is 16.0 Å². The molecule has 2 aromatic heterocycles. The number of fused-ring (bicyclic) bond motifs is 1. The summed E-state index contributed by atoms with van der Waals surface area (Å²) in [5.74, 6) is -2.25. The van der Waals surface area contributed by atoms with E-state index in [2.05, 4.69) is 44.7 Å². The molecule has 4 amide bonds. The maximum Gasteiger partial charge on any atom is 0.314 e. The number of hydrogen-bond donors (Lipinski definition) is 3. The van der Waals surface area contributed by atoms with E-state index in [9.17, 15) is 19.2 Å². The van der Waals surface area contributed by atoms with E-state index in [0.717, 1.165) is 30.1 Å². The molecule has 0 aromatic carbocycles. The van der Waals surface area contributed by atoms with E-state index >= 15 is 0 Å². The number of halogens is 1. The molecule has 0 saturated heterocycles. The van der Waals surface area contributed by atoms with E-state index in [1.54, 1.807) is 20.2 Å². The Labute approximate surface area is 236 Å². The van der Waals surface area contributed by atoms with Crippen molar-refractivity contribution in [3.8, 4) is 0 Å². The molecular weight excluding hydrogens is 542 g/mol. The highest BCUT2D eigenvalue weighted by Crippen LogP contribution is 2.29. The monoisotopic (exact) mass is 575 g/mol. The Kier molecular flexibility index (Phi) is 9.19. The lowest BCUT2D eigenvalue weighted by molar-refractivity contribution is -0.137. The van der Waals surface area contributed by atoms with Gasteiger partial charge in [0.1, 0.15) is 5.82 Å². The number of carbonyl (C=O) groups is 4. The van der Waals surface area contributed by atoms with E-state index in [1.165, 1.54) is 28.5 Å². The van der Waals surface area contributed by atoms with Crippen molar-refractivity contribution in [1.82, 2.24) is 30.4 Å². The molecule has 2 aromatic rings. The number of amides is 4. The third kappa shape index (κ3) is 7.11. The van der Waals surface area contributed by atoms with E-state index in [0.29, 0.717) is 35.3 Å². The van der Waals surface area contributed by atoms with Crippen LogP contribution in [0.2, 0.25) is 5.02 Å². The lowest BCUT2D eigenvalue weighted by atomic mass is 9.81. The Hall–Kier alpha value is -3.09. The van der Waals surface area contributed by atoms with Gasteiger partial charge in [0, 0.05) is 62.7 Å². The van der Waals surface area contributed by atoms with Gasteiger partial charge in [0.15, 0.2) is 5.01 Å². The van der Waals surface area contributed by atoms with Crippen LogP contribution in [0, 0.1) is 5.92 Å². The van der Waals surface area contributed by atoms with Gasteiger partial charge in [0.2, 0.25) is 5.91 Å². The summed E-state index contributed by atoms with van der Waals surface area (Å²) in [5.41, 5.74) is 0.948. The fourth-order valence-corrected chi connectivity index (χ4v) is 6.08. The zero-order valence-electron chi connectivity index (χ0n) is 22.5. The third-order valence-corrected chi connectivity index (χ3v) is 8.44. The molecule has 2 aliphatic rings. The molecule has 1 saturated carbocycles. The van der Waals surface area contributed by atoms with Gasteiger partial charge in [-0.1, -0.05) is 11.6 Å². The first-order chi connectivity index (χ1) is 18.5. The van der Waals surface area contributed by atoms with Crippen molar-refractivity contribution in [3.05, 3.63) is 38.9 Å². The van der Waals surface area contributed by atoms with Crippen LogP contribution in [0.4, 0.5) is 5.82 Å². The summed E-state index contributed by atoms with van der Waals surface area (Å²) >= 11 is 7.20. The number of anilines is 1. The molecule has 13 heteroatoms. The molecular formula is C26H34ClN7O4S. The van der Waals surface area contributed by atoms with E-state index in [4.69, 9.17) is 11.6 Å². The van der Waals surface area contributed by atoms with Crippen molar-refractivity contribution in [2.75, 3.05) is 26.0 Å². The van der Waals surface area contributed by atoms with Crippen LogP contribution in [0.1, 0.15) is 53.5 Å². The Morgan fingerprint density at radius 2 is 1.87 bits per heavy atom. The highest BCUT2D eigenvalue weighted by atomic mass is 35.5. The SMILES string of the molecule is CC(C)N1CCc2nc(C(=O)N[C@@H]3C[C@@H](C(=O)N(C)C)CC[C@@H]3NC(=O)C(=O)Nc3ccc(Cl)cn3)sc2C1. The second-order valence-electron chi connectivity index (χ2n) is 10.4. The van der Waals surface area contributed by atoms with Gasteiger partial charge in [-0.2, -0.15) is 0 Å². The molecule has 1 aliphatic carbocycles. The predicted molar refractivity (Wildman–Crippen MR) is 148 cm³/mol. The van der Waals surface area contributed by atoms with E-state index in [1.807, 2.05) is 0 Å². The van der Waals surface area contributed by atoms with E-state index in [-0.39, 0.29) is 23.6 Å². The predicted octanol–water partition coefficient (Wildman–Crippen LogP) is 2.07. The Morgan fingerprint density at radius 1 is 1.10 bits per heavy atom. The average molecular weight is 576 g/mol. The van der Waals surface area contributed by atoms with Crippen LogP contribution in [0.25, 0.3) is 0 Å². The Morgan fingerprint density at radius 3 is 2.54 bits per heavy atom. The fraction of sp³-hybridized carbons (Fsp3) is 0.538. The minimum Gasteiger partial charge on any atom is -0.349 e. The first-order valence-electron chi connectivity index (χ1n) is 13.0. The summed E-state index contributed by atoms with van der Waals surface area (Å²) in [6.07, 6.45) is 3.42. The molecule has 210 valence electrons. The molecule has 0 radical (unpaired) electrons. The van der Waals surface area contributed by atoms with Crippen molar-refractivity contribution < 1.29 is 19.2 Å². The number of rotatable bonds is 6. The van der Waals surface area contributed by atoms with Gasteiger partial charge < -0.3 is 20.9 Å². The maximum absolute atomic E-state index is 13.3. The second-order valence-corrected chi connectivity index (χ2v) is 11.9. The van der Waals surface area contributed by atoms with Gasteiger partial charge >= 0.3 is 11.8 Å². The number of carbonyl (C=O) groups excluding carboxylic acids is 4. The summed E-state index contributed by atoms with van der Waals surface area (Å²) in [7, 11) is 3.39. The summed E-state index contributed by atoms with van der Waals surface area (Å²) in [6, 6.07) is 2.35. The summed E-state index contributed by atoms with van der Waals surface area (Å²) in [5, 5.41) is 8.95. The fourth-order valence-electron chi connectivity index (χ4n) is 4.93. The highest BCUT2D eigenvalue weighted by Gasteiger charge is 2.37. The zero-order chi connectivity index (χ0) is 28.3. The van der Waals surface area contributed by atoms with Crippen LogP contribution in [0.5, 0.6) is 0 Å². The van der Waals surface area contributed by atoms with Crippen molar-refractivity contribution in [3.63, 3.8) is 0 Å². The Bertz CT molecular complexity index is 1230. The quantitative estimate of drug-likeness (QED) is 0.448. The third-order valence-electron chi connectivity index (χ3n) is 7.13. The molecule has 0 unspecified atom stereocenters. The molecule has 0 bridgehead atoms. The molecule has 4 rings (SSSR count). The van der Waals surface area contributed by atoms with Crippen molar-refractivity contribution in [2.24, 2.45) is 5.92 Å². The number of nitrogens with one attached hydrogen (secondary N) is 3. The molecule has 1 aliphatic heterocycles. The normalized spacial score (nSPS) is 21.1. The molecule has 39 heavy (non-hydrogen) atoms. The van der Waals surface area contributed by atoms with Gasteiger partial charge in [-0.3, -0.25) is 24.1 Å². The number of thiazole rings is 1. The van der Waals surface area contributed by atoms with Crippen molar-refractivity contribution in [2.45, 2.75) is 64.2 Å². The minimum absolute atomic E-state index is 0.0379. The van der Waals surface area contributed by atoms with Crippen LogP contribution in [0.15, 0.2) is 18.3 Å². The molecule has 3 atom stereocenters. The first-order valence-corrected chi connectivity index (χ1v) is 14.2.